The molecule has 0 aromatic heterocycles. The van der Waals surface area contributed by atoms with Crippen LogP contribution in [0.4, 0.5) is 0 Å². The quantitative estimate of drug-likeness (QED) is 0.635. The number of rotatable bonds is 5. The van der Waals surface area contributed by atoms with Gasteiger partial charge in [0, 0.05) is 0 Å². The van der Waals surface area contributed by atoms with Gasteiger partial charge in [0.2, 0.25) is 0 Å². The molecule has 88 valence electrons. The second kappa shape index (κ2) is 4.18. The molecule has 1 atom stereocenters. The average Bonchev–Trinajstić information content (AvgIpc) is 2.00. The third-order valence-electron chi connectivity index (χ3n) is 2.58. The first-order valence-corrected chi connectivity index (χ1v) is 4.72. The van der Waals surface area contributed by atoms with Crippen molar-refractivity contribution in [3.05, 3.63) is 0 Å². The molecule has 4 N–H and O–H groups in total. The molecule has 0 spiro atoms. The van der Waals surface area contributed by atoms with Crippen LogP contribution >= 0.6 is 0 Å². The zero-order valence-corrected chi connectivity index (χ0v) is 9.57. The largest absolute Gasteiger partial charge is 0.481 e. The third-order valence-corrected chi connectivity index (χ3v) is 2.58. The van der Waals surface area contributed by atoms with Crippen molar-refractivity contribution in [3.8, 4) is 0 Å². The van der Waals surface area contributed by atoms with E-state index in [0.717, 1.165) is 0 Å². The third kappa shape index (κ3) is 3.51. The minimum absolute atomic E-state index is 0.211. The highest BCUT2D eigenvalue weighted by Crippen LogP contribution is 2.35. The van der Waals surface area contributed by atoms with Crippen molar-refractivity contribution in [2.45, 2.75) is 40.2 Å². The summed E-state index contributed by atoms with van der Waals surface area (Å²) in [4.78, 5) is 21.6. The smallest absolute Gasteiger partial charge is 0.321 e. The molecule has 0 aromatic rings. The van der Waals surface area contributed by atoms with Crippen LogP contribution in [0.25, 0.3) is 0 Å². The Morgan fingerprint density at radius 1 is 1.20 bits per heavy atom. The Hall–Kier alpha value is -1.10. The van der Waals surface area contributed by atoms with Crippen LogP contribution < -0.4 is 5.73 Å². The van der Waals surface area contributed by atoms with Gasteiger partial charge in [0.1, 0.15) is 6.04 Å². The van der Waals surface area contributed by atoms with Gasteiger partial charge in [-0.3, -0.25) is 9.59 Å². The molecule has 5 nitrogen and oxygen atoms in total. The van der Waals surface area contributed by atoms with Crippen molar-refractivity contribution in [3.63, 3.8) is 0 Å². The van der Waals surface area contributed by atoms with Crippen LogP contribution in [-0.2, 0) is 9.59 Å². The van der Waals surface area contributed by atoms with E-state index in [2.05, 4.69) is 0 Å². The second-order valence-electron chi connectivity index (χ2n) is 5.17. The average molecular weight is 217 g/mol. The lowest BCUT2D eigenvalue weighted by atomic mass is 9.71. The molecule has 0 aliphatic heterocycles. The van der Waals surface area contributed by atoms with E-state index in [1.54, 1.807) is 27.7 Å². The molecule has 15 heavy (non-hydrogen) atoms. The van der Waals surface area contributed by atoms with Crippen molar-refractivity contribution in [1.82, 2.24) is 0 Å². The summed E-state index contributed by atoms with van der Waals surface area (Å²) in [7, 11) is 0. The van der Waals surface area contributed by atoms with Crippen LogP contribution in [0.15, 0.2) is 0 Å². The lowest BCUT2D eigenvalue weighted by molar-refractivity contribution is -0.151. The highest BCUT2D eigenvalue weighted by molar-refractivity contribution is 5.76. The van der Waals surface area contributed by atoms with E-state index in [1.165, 1.54) is 0 Å². The second-order valence-corrected chi connectivity index (χ2v) is 5.17. The predicted octanol–water partition coefficient (Wildman–Crippen LogP) is 0.925. The Bertz CT molecular complexity index is 271. The highest BCUT2D eigenvalue weighted by Gasteiger charge is 2.40. The molecule has 0 bridgehead atoms. The first-order valence-electron chi connectivity index (χ1n) is 4.72. The molecule has 0 aromatic carbocycles. The molecule has 0 radical (unpaired) electrons. The van der Waals surface area contributed by atoms with Gasteiger partial charge in [0.05, 0.1) is 5.41 Å². The molecule has 0 fully saturated rings. The van der Waals surface area contributed by atoms with Gasteiger partial charge < -0.3 is 15.9 Å². The van der Waals surface area contributed by atoms with Crippen molar-refractivity contribution in [1.29, 1.82) is 0 Å². The van der Waals surface area contributed by atoms with Crippen molar-refractivity contribution in [2.24, 2.45) is 16.6 Å². The molecular formula is C10H19NO4. The summed E-state index contributed by atoms with van der Waals surface area (Å²) in [6.07, 6.45) is 0.211. The van der Waals surface area contributed by atoms with E-state index in [1.807, 2.05) is 0 Å². The number of carboxylic acid groups (broad SMARTS) is 2. The minimum atomic E-state index is -1.11. The van der Waals surface area contributed by atoms with Gasteiger partial charge in [0.25, 0.3) is 0 Å². The molecule has 0 heterocycles. The lowest BCUT2D eigenvalue weighted by Gasteiger charge is -2.34. The molecule has 0 aliphatic carbocycles. The molecular weight excluding hydrogens is 198 g/mol. The summed E-state index contributed by atoms with van der Waals surface area (Å²) in [5.41, 5.74) is 3.78. The van der Waals surface area contributed by atoms with E-state index < -0.39 is 28.8 Å². The maximum Gasteiger partial charge on any atom is 0.321 e. The van der Waals surface area contributed by atoms with Crippen LogP contribution in [-0.4, -0.2) is 28.2 Å². The van der Waals surface area contributed by atoms with Crippen molar-refractivity contribution in [2.75, 3.05) is 0 Å². The normalized spacial score (nSPS) is 14.7. The standard InChI is InChI=1S/C10H19NO4/c1-9(2,6(11)7(12)13)5-10(3,4)8(14)15/h6H,5,11H2,1-4H3,(H,12,13)(H,14,15). The molecule has 0 amide bonds. The fraction of sp³-hybridized carbons (Fsp3) is 0.800. The first-order chi connectivity index (χ1) is 6.50. The summed E-state index contributed by atoms with van der Waals surface area (Å²) in [6, 6.07) is -1.06. The minimum Gasteiger partial charge on any atom is -0.481 e. The monoisotopic (exact) mass is 217 g/mol. The Morgan fingerprint density at radius 2 is 1.60 bits per heavy atom. The summed E-state index contributed by atoms with van der Waals surface area (Å²) >= 11 is 0. The first kappa shape index (κ1) is 13.9. The van der Waals surface area contributed by atoms with E-state index in [0.29, 0.717) is 0 Å². The highest BCUT2D eigenvalue weighted by atomic mass is 16.4. The van der Waals surface area contributed by atoms with Crippen molar-refractivity contribution >= 4 is 11.9 Å². The van der Waals surface area contributed by atoms with Gasteiger partial charge >= 0.3 is 11.9 Å². The number of hydrogen-bond acceptors (Lipinski definition) is 3. The van der Waals surface area contributed by atoms with E-state index >= 15 is 0 Å². The maximum absolute atomic E-state index is 10.9. The number of carbonyl (C=O) groups is 2. The van der Waals surface area contributed by atoms with E-state index in [4.69, 9.17) is 15.9 Å². The van der Waals surface area contributed by atoms with Crippen LogP contribution in [0.5, 0.6) is 0 Å². The molecule has 0 saturated carbocycles. The van der Waals surface area contributed by atoms with E-state index in [-0.39, 0.29) is 6.42 Å². The van der Waals surface area contributed by atoms with Crippen LogP contribution in [0.3, 0.4) is 0 Å². The Morgan fingerprint density at radius 3 is 1.87 bits per heavy atom. The Kier molecular flexibility index (Phi) is 3.88. The van der Waals surface area contributed by atoms with Gasteiger partial charge in [-0.2, -0.15) is 0 Å². The topological polar surface area (TPSA) is 101 Å². The summed E-state index contributed by atoms with van der Waals surface area (Å²) < 4.78 is 0. The lowest BCUT2D eigenvalue weighted by Crippen LogP contribution is -2.47. The number of aliphatic carboxylic acids is 2. The Labute approximate surface area is 89.3 Å². The van der Waals surface area contributed by atoms with Crippen LogP contribution in [0.1, 0.15) is 34.1 Å². The maximum atomic E-state index is 10.9. The van der Waals surface area contributed by atoms with Crippen LogP contribution in [0, 0.1) is 10.8 Å². The molecule has 0 aliphatic rings. The Balaban J connectivity index is 4.78. The number of nitrogens with two attached hydrogens (primary N) is 1. The SMILES string of the molecule is CC(C)(CC(C)(C)C(N)C(=O)O)C(=O)O. The van der Waals surface area contributed by atoms with Gasteiger partial charge in [0.15, 0.2) is 0 Å². The zero-order valence-electron chi connectivity index (χ0n) is 9.57. The van der Waals surface area contributed by atoms with Crippen molar-refractivity contribution < 1.29 is 19.8 Å². The molecule has 1 unspecified atom stereocenters. The van der Waals surface area contributed by atoms with Gasteiger partial charge in [-0.25, -0.2) is 0 Å². The fourth-order valence-corrected chi connectivity index (χ4v) is 1.66. The van der Waals surface area contributed by atoms with Gasteiger partial charge in [-0.15, -0.1) is 0 Å². The van der Waals surface area contributed by atoms with Gasteiger partial charge in [-0.05, 0) is 25.7 Å². The van der Waals surface area contributed by atoms with E-state index in [9.17, 15) is 9.59 Å². The van der Waals surface area contributed by atoms with Gasteiger partial charge in [-0.1, -0.05) is 13.8 Å². The molecule has 0 saturated heterocycles. The van der Waals surface area contributed by atoms with Crippen LogP contribution in [0.2, 0.25) is 0 Å². The number of carboxylic acids is 2. The predicted molar refractivity (Wildman–Crippen MR) is 55.4 cm³/mol. The number of hydrogen-bond donors (Lipinski definition) is 3. The summed E-state index contributed by atoms with van der Waals surface area (Å²) in [6.45, 7) is 6.45. The summed E-state index contributed by atoms with van der Waals surface area (Å²) in [5, 5.41) is 17.7. The molecule has 5 heteroatoms. The summed E-state index contributed by atoms with van der Waals surface area (Å²) in [5.74, 6) is -2.06. The molecule has 0 rings (SSSR count). The zero-order chi connectivity index (χ0) is 12.4. The fourth-order valence-electron chi connectivity index (χ4n) is 1.66.